The van der Waals surface area contributed by atoms with E-state index < -0.39 is 11.8 Å². The van der Waals surface area contributed by atoms with E-state index in [1.807, 2.05) is 34.9 Å². The normalized spacial score (nSPS) is 23.6. The molecule has 33 heavy (non-hydrogen) atoms. The quantitative estimate of drug-likeness (QED) is 0.496. The lowest BCUT2D eigenvalue weighted by atomic mass is 9.67. The number of fused-ring (bicyclic) bond motifs is 6. The van der Waals surface area contributed by atoms with Gasteiger partial charge < -0.3 is 0 Å². The average Bonchev–Trinajstić information content (AvgIpc) is 3.18. The summed E-state index contributed by atoms with van der Waals surface area (Å²) in [5.74, 6) is -0.498. The topological polar surface area (TPSA) is 75.8 Å². The molecule has 0 spiro atoms. The molecule has 166 valence electrons. The van der Waals surface area contributed by atoms with Crippen LogP contribution in [0.15, 0.2) is 40.7 Å². The molecular formula is C27H25N3O2S. The van der Waals surface area contributed by atoms with Gasteiger partial charge in [-0.2, -0.15) is 10.2 Å². The summed E-state index contributed by atoms with van der Waals surface area (Å²) in [6.45, 7) is 4.24. The van der Waals surface area contributed by atoms with Crippen LogP contribution in [-0.2, 0) is 17.6 Å². The van der Waals surface area contributed by atoms with Gasteiger partial charge in [-0.1, -0.05) is 44.2 Å². The van der Waals surface area contributed by atoms with Crippen molar-refractivity contribution in [2.45, 2.75) is 64.2 Å². The second-order valence-corrected chi connectivity index (χ2v) is 11.4. The number of ketones is 1. The van der Waals surface area contributed by atoms with Gasteiger partial charge in [0.1, 0.15) is 16.6 Å². The van der Waals surface area contributed by atoms with Crippen molar-refractivity contribution in [3.8, 4) is 6.07 Å². The first kappa shape index (κ1) is 20.6. The summed E-state index contributed by atoms with van der Waals surface area (Å²) in [5.41, 5.74) is 3.31. The number of nitrogens with zero attached hydrogens (tertiary/aromatic N) is 3. The molecule has 0 bridgehead atoms. The predicted molar refractivity (Wildman–Crippen MR) is 129 cm³/mol. The van der Waals surface area contributed by atoms with Gasteiger partial charge in [-0.15, -0.1) is 11.3 Å². The smallest absolute Gasteiger partial charge is 0.282 e. The highest BCUT2D eigenvalue weighted by Crippen LogP contribution is 2.52. The minimum Gasteiger partial charge on any atom is -0.294 e. The number of carbonyl (C=O) groups excluding carboxylic acids is 1. The highest BCUT2D eigenvalue weighted by Gasteiger charge is 2.46. The van der Waals surface area contributed by atoms with Crippen LogP contribution in [0, 0.1) is 16.7 Å². The summed E-state index contributed by atoms with van der Waals surface area (Å²) in [4.78, 5) is 33.7. The molecule has 3 aliphatic rings. The van der Waals surface area contributed by atoms with Crippen LogP contribution in [0.5, 0.6) is 0 Å². The molecule has 5 nitrogen and oxygen atoms in total. The minimum absolute atomic E-state index is 0.106. The third-order valence-corrected chi connectivity index (χ3v) is 8.68. The molecule has 0 saturated carbocycles. The van der Waals surface area contributed by atoms with Gasteiger partial charge in [0.25, 0.3) is 5.56 Å². The highest BCUT2D eigenvalue weighted by atomic mass is 32.1. The molecule has 0 amide bonds. The lowest BCUT2D eigenvalue weighted by molar-refractivity contribution is -0.118. The first-order valence-electron chi connectivity index (χ1n) is 11.7. The monoisotopic (exact) mass is 455 g/mol. The average molecular weight is 456 g/mol. The van der Waals surface area contributed by atoms with E-state index in [4.69, 9.17) is 0 Å². The number of Topliss-reactive ketones (excluding diaryl/α,β-unsaturated/α-hetero) is 1. The number of rotatable bonds is 1. The SMILES string of the molecule is CC1(C)CC(=O)C2=C(C1)n1c(nc(=O)c3c4c(sc31)CCCC4)C(C#N)C2c1ccccc1. The zero-order valence-corrected chi connectivity index (χ0v) is 19.7. The Balaban J connectivity index is 1.74. The first-order valence-corrected chi connectivity index (χ1v) is 12.5. The van der Waals surface area contributed by atoms with Crippen LogP contribution in [0.4, 0.5) is 0 Å². The Morgan fingerprint density at radius 2 is 1.88 bits per heavy atom. The summed E-state index contributed by atoms with van der Waals surface area (Å²) in [6.07, 6.45) is 5.26. The molecule has 2 aliphatic carbocycles. The van der Waals surface area contributed by atoms with Crippen molar-refractivity contribution < 1.29 is 4.79 Å². The molecule has 1 aromatic carbocycles. The van der Waals surface area contributed by atoms with Crippen molar-refractivity contribution in [2.24, 2.45) is 5.41 Å². The van der Waals surface area contributed by atoms with Crippen LogP contribution in [0.3, 0.4) is 0 Å². The Labute approximate surface area is 196 Å². The van der Waals surface area contributed by atoms with Crippen molar-refractivity contribution in [1.82, 2.24) is 9.55 Å². The fraction of sp³-hybridized carbons (Fsp3) is 0.407. The van der Waals surface area contributed by atoms with E-state index in [0.717, 1.165) is 52.9 Å². The lowest BCUT2D eigenvalue weighted by Gasteiger charge is -2.41. The van der Waals surface area contributed by atoms with E-state index in [9.17, 15) is 14.9 Å². The number of benzene rings is 1. The van der Waals surface area contributed by atoms with Crippen molar-refractivity contribution >= 4 is 33.0 Å². The number of hydrogen-bond donors (Lipinski definition) is 0. The zero-order valence-electron chi connectivity index (χ0n) is 18.9. The second kappa shape index (κ2) is 7.23. The molecular weight excluding hydrogens is 430 g/mol. The maximum absolute atomic E-state index is 13.6. The van der Waals surface area contributed by atoms with Crippen molar-refractivity contribution in [2.75, 3.05) is 0 Å². The van der Waals surface area contributed by atoms with E-state index >= 15 is 0 Å². The Morgan fingerprint density at radius 3 is 2.64 bits per heavy atom. The number of allylic oxidation sites excluding steroid dienone is 2. The van der Waals surface area contributed by atoms with Crippen LogP contribution in [0.25, 0.3) is 15.9 Å². The van der Waals surface area contributed by atoms with E-state index in [1.54, 1.807) is 11.3 Å². The summed E-state index contributed by atoms with van der Waals surface area (Å²) in [6, 6.07) is 12.2. The fourth-order valence-electron chi connectivity index (χ4n) is 6.03. The van der Waals surface area contributed by atoms with Gasteiger partial charge in [0.2, 0.25) is 0 Å². The number of nitriles is 1. The summed E-state index contributed by atoms with van der Waals surface area (Å²) >= 11 is 1.66. The van der Waals surface area contributed by atoms with Gasteiger partial charge in [-0.25, -0.2) is 0 Å². The third kappa shape index (κ3) is 2.99. The fourth-order valence-corrected chi connectivity index (χ4v) is 7.45. The highest BCUT2D eigenvalue weighted by molar-refractivity contribution is 7.19. The van der Waals surface area contributed by atoms with Gasteiger partial charge >= 0.3 is 0 Å². The maximum atomic E-state index is 13.6. The number of thiophene rings is 1. The zero-order chi connectivity index (χ0) is 22.9. The molecule has 3 aromatic rings. The number of carbonyl (C=O) groups is 1. The lowest BCUT2D eigenvalue weighted by Crippen LogP contribution is -2.37. The van der Waals surface area contributed by atoms with E-state index in [0.29, 0.717) is 24.1 Å². The first-order chi connectivity index (χ1) is 15.9. The molecule has 6 heteroatoms. The molecule has 2 unspecified atom stereocenters. The van der Waals surface area contributed by atoms with Crippen LogP contribution in [0.1, 0.15) is 73.2 Å². The van der Waals surface area contributed by atoms with Gasteiger partial charge in [-0.05, 0) is 48.6 Å². The van der Waals surface area contributed by atoms with Crippen LogP contribution in [0.2, 0.25) is 0 Å². The maximum Gasteiger partial charge on any atom is 0.282 e. The van der Waals surface area contributed by atoms with E-state index in [1.165, 1.54) is 4.88 Å². The molecule has 2 atom stereocenters. The van der Waals surface area contributed by atoms with Crippen LogP contribution >= 0.6 is 11.3 Å². The summed E-state index contributed by atoms with van der Waals surface area (Å²) < 4.78 is 2.04. The molecule has 0 saturated heterocycles. The van der Waals surface area contributed by atoms with Gasteiger partial charge in [0.05, 0.1) is 11.5 Å². The molecule has 0 N–H and O–H groups in total. The Kier molecular flexibility index (Phi) is 4.50. The molecule has 1 aliphatic heterocycles. The summed E-state index contributed by atoms with van der Waals surface area (Å²) in [7, 11) is 0. The standard InChI is InChI=1S/C27H25N3O2S/c1-27(2)12-18-23(19(31)13-27)21(15-8-4-3-5-9-15)17(14-28)24-29-25(32)22-16-10-6-7-11-20(16)33-26(22)30(18)24/h3-5,8-9,17,21H,6-7,10-13H2,1-2H3. The number of aryl methyl sites for hydroxylation is 2. The largest absolute Gasteiger partial charge is 0.294 e. The molecule has 2 aromatic heterocycles. The Bertz CT molecular complexity index is 1450. The van der Waals surface area contributed by atoms with E-state index in [2.05, 4.69) is 24.9 Å². The number of hydrogen-bond acceptors (Lipinski definition) is 5. The Morgan fingerprint density at radius 1 is 1.12 bits per heavy atom. The second-order valence-electron chi connectivity index (χ2n) is 10.3. The van der Waals surface area contributed by atoms with Gasteiger partial charge in [0, 0.05) is 28.5 Å². The van der Waals surface area contributed by atoms with Crippen molar-refractivity contribution in [3.63, 3.8) is 0 Å². The van der Waals surface area contributed by atoms with E-state index in [-0.39, 0.29) is 16.8 Å². The minimum atomic E-state index is -0.687. The number of aromatic nitrogens is 2. The molecule has 6 rings (SSSR count). The van der Waals surface area contributed by atoms with Crippen molar-refractivity contribution in [1.29, 1.82) is 5.26 Å². The van der Waals surface area contributed by atoms with Crippen molar-refractivity contribution in [3.05, 3.63) is 68.1 Å². The molecule has 0 fully saturated rings. The third-order valence-electron chi connectivity index (χ3n) is 7.40. The van der Waals surface area contributed by atoms with Gasteiger partial charge in [-0.3, -0.25) is 14.2 Å². The molecule has 3 heterocycles. The Hall–Kier alpha value is -3.04. The predicted octanol–water partition coefficient (Wildman–Crippen LogP) is 5.34. The van der Waals surface area contributed by atoms with Crippen LogP contribution < -0.4 is 5.56 Å². The summed E-state index contributed by atoms with van der Waals surface area (Å²) in [5, 5.41) is 11.0. The molecule has 0 radical (unpaired) electrons. The van der Waals surface area contributed by atoms with Crippen LogP contribution in [-0.4, -0.2) is 15.3 Å². The van der Waals surface area contributed by atoms with Gasteiger partial charge in [0.15, 0.2) is 5.78 Å².